The summed E-state index contributed by atoms with van der Waals surface area (Å²) in [5.41, 5.74) is -0.00954. The van der Waals surface area contributed by atoms with Crippen molar-refractivity contribution >= 4 is 11.7 Å². The second kappa shape index (κ2) is 2.58. The highest BCUT2D eigenvalue weighted by molar-refractivity contribution is 6.20. The molecule has 0 bridgehead atoms. The van der Waals surface area contributed by atoms with Gasteiger partial charge in [-0.05, 0) is 19.8 Å². The molecule has 2 heterocycles. The van der Waals surface area contributed by atoms with Crippen molar-refractivity contribution in [2.75, 3.05) is 6.54 Å². The summed E-state index contributed by atoms with van der Waals surface area (Å²) in [7, 11) is 0. The average Bonchev–Trinajstić information content (AvgIpc) is 2.56. The van der Waals surface area contributed by atoms with E-state index in [9.17, 15) is 14.7 Å². The maximum Gasteiger partial charge on any atom is 0.261 e. The normalized spacial score (nSPS) is 27.0. The van der Waals surface area contributed by atoms with Gasteiger partial charge in [-0.3, -0.25) is 9.59 Å². The lowest BCUT2D eigenvalue weighted by molar-refractivity contribution is -0.127. The van der Waals surface area contributed by atoms with Crippen molar-refractivity contribution in [3.63, 3.8) is 0 Å². The van der Waals surface area contributed by atoms with Gasteiger partial charge in [-0.1, -0.05) is 0 Å². The molecule has 0 unspecified atom stereocenters. The van der Waals surface area contributed by atoms with E-state index in [0.29, 0.717) is 6.54 Å². The number of aliphatic hydroxyl groups excluding tert-OH is 1. The summed E-state index contributed by atoms with van der Waals surface area (Å²) in [6, 6.07) is -0.216. The molecule has 0 aromatic heterocycles. The highest BCUT2D eigenvalue weighted by Gasteiger charge is 2.43. The van der Waals surface area contributed by atoms with Gasteiger partial charge < -0.3 is 10.0 Å². The Labute approximate surface area is 75.8 Å². The van der Waals surface area contributed by atoms with Crippen molar-refractivity contribution < 1.29 is 14.7 Å². The van der Waals surface area contributed by atoms with Crippen molar-refractivity contribution in [3.8, 4) is 0 Å². The number of hydrogen-bond acceptors (Lipinski definition) is 3. The molecular weight excluding hydrogens is 170 g/mol. The minimum Gasteiger partial charge on any atom is -0.509 e. The second-order valence-electron chi connectivity index (χ2n) is 3.47. The first kappa shape index (κ1) is 8.29. The van der Waals surface area contributed by atoms with Gasteiger partial charge in [0.2, 0.25) is 0 Å². The molecule has 13 heavy (non-hydrogen) atoms. The monoisotopic (exact) mass is 181 g/mol. The number of carbonyl (C=O) groups is 2. The molecule has 4 nitrogen and oxygen atoms in total. The van der Waals surface area contributed by atoms with Crippen molar-refractivity contribution in [3.05, 3.63) is 11.3 Å². The molecule has 0 saturated carbocycles. The highest BCUT2D eigenvalue weighted by Crippen LogP contribution is 2.32. The largest absolute Gasteiger partial charge is 0.509 e. The number of hydrogen-bond donors (Lipinski definition) is 1. The van der Waals surface area contributed by atoms with Gasteiger partial charge in [0, 0.05) is 6.54 Å². The molecule has 1 atom stereocenters. The summed E-state index contributed by atoms with van der Waals surface area (Å²) in [5.74, 6) is -0.653. The second-order valence-corrected chi connectivity index (χ2v) is 3.47. The first-order chi connectivity index (χ1) is 6.13. The van der Waals surface area contributed by atoms with Gasteiger partial charge in [0.15, 0.2) is 5.78 Å². The molecule has 1 N–H and O–H groups in total. The molecule has 2 rings (SSSR count). The molecule has 70 valence electrons. The molecule has 1 fully saturated rings. The Morgan fingerprint density at radius 2 is 2.31 bits per heavy atom. The van der Waals surface area contributed by atoms with Crippen molar-refractivity contribution in [1.29, 1.82) is 0 Å². The summed E-state index contributed by atoms with van der Waals surface area (Å²) in [4.78, 5) is 24.1. The van der Waals surface area contributed by atoms with E-state index < -0.39 is 0 Å². The van der Waals surface area contributed by atoms with Gasteiger partial charge >= 0.3 is 0 Å². The minimum atomic E-state index is -0.336. The summed E-state index contributed by atoms with van der Waals surface area (Å²) >= 11 is 0. The highest BCUT2D eigenvalue weighted by atomic mass is 16.3. The van der Waals surface area contributed by atoms with Crippen molar-refractivity contribution in [2.24, 2.45) is 0 Å². The van der Waals surface area contributed by atoms with E-state index in [4.69, 9.17) is 0 Å². The smallest absolute Gasteiger partial charge is 0.261 e. The molecule has 2 aliphatic heterocycles. The number of carbonyl (C=O) groups excluding carboxylic acids is 2. The Morgan fingerprint density at radius 1 is 1.62 bits per heavy atom. The maximum absolute atomic E-state index is 11.5. The molecule has 4 heteroatoms. The standard InChI is InChI=1S/C9H11NO3/c1-5(11)7-8(12)6-3-2-4-10(6)9(7)13/h6,12H,2-4H2,1H3/t6-/m0/s1. The van der Waals surface area contributed by atoms with E-state index in [1.54, 1.807) is 4.90 Å². The molecule has 0 aromatic rings. The molecule has 0 spiro atoms. The predicted octanol–water partition coefficient (Wildman–Crippen LogP) is 0.392. The fourth-order valence-corrected chi connectivity index (χ4v) is 2.04. The number of nitrogens with zero attached hydrogens (tertiary/aromatic N) is 1. The van der Waals surface area contributed by atoms with Gasteiger partial charge in [0.1, 0.15) is 11.3 Å². The molecular formula is C9H11NO3. The van der Waals surface area contributed by atoms with Crippen LogP contribution >= 0.6 is 0 Å². The fourth-order valence-electron chi connectivity index (χ4n) is 2.04. The Hall–Kier alpha value is -1.32. The predicted molar refractivity (Wildman–Crippen MR) is 45.1 cm³/mol. The van der Waals surface area contributed by atoms with E-state index in [1.165, 1.54) is 6.92 Å². The molecule has 0 aliphatic carbocycles. The third-order valence-corrected chi connectivity index (χ3v) is 2.65. The van der Waals surface area contributed by atoms with Crippen LogP contribution in [-0.2, 0) is 9.59 Å². The molecule has 1 amide bonds. The number of amides is 1. The van der Waals surface area contributed by atoms with Gasteiger partial charge in [-0.2, -0.15) is 0 Å². The molecule has 0 aromatic carbocycles. The minimum absolute atomic E-state index is 0.00954. The first-order valence-corrected chi connectivity index (χ1v) is 4.38. The lowest BCUT2D eigenvalue weighted by atomic mass is 10.1. The van der Waals surface area contributed by atoms with Crippen LogP contribution in [0.3, 0.4) is 0 Å². The van der Waals surface area contributed by atoms with Crippen LogP contribution in [0.2, 0.25) is 0 Å². The van der Waals surface area contributed by atoms with Crippen LogP contribution in [0.5, 0.6) is 0 Å². The Kier molecular flexibility index (Phi) is 1.65. The number of fused-ring (bicyclic) bond motifs is 1. The molecule has 2 aliphatic rings. The van der Waals surface area contributed by atoms with Crippen LogP contribution in [0.4, 0.5) is 0 Å². The summed E-state index contributed by atoms with van der Waals surface area (Å²) in [6.07, 6.45) is 1.68. The number of aliphatic hydroxyl groups is 1. The van der Waals surface area contributed by atoms with Crippen LogP contribution in [0.1, 0.15) is 19.8 Å². The van der Waals surface area contributed by atoms with Crippen LogP contribution in [-0.4, -0.2) is 34.3 Å². The van der Waals surface area contributed by atoms with Gasteiger partial charge in [-0.15, -0.1) is 0 Å². The van der Waals surface area contributed by atoms with Crippen molar-refractivity contribution in [2.45, 2.75) is 25.8 Å². The number of ketones is 1. The zero-order chi connectivity index (χ0) is 9.59. The van der Waals surface area contributed by atoms with Crippen LogP contribution in [0.15, 0.2) is 11.3 Å². The zero-order valence-corrected chi connectivity index (χ0v) is 7.41. The topological polar surface area (TPSA) is 57.6 Å². The fraction of sp³-hybridized carbons (Fsp3) is 0.556. The van der Waals surface area contributed by atoms with E-state index in [0.717, 1.165) is 12.8 Å². The van der Waals surface area contributed by atoms with E-state index >= 15 is 0 Å². The lowest BCUT2D eigenvalue weighted by Gasteiger charge is -2.14. The third kappa shape index (κ3) is 0.978. The van der Waals surface area contributed by atoms with Crippen LogP contribution in [0, 0.1) is 0 Å². The lowest BCUT2D eigenvalue weighted by Crippen LogP contribution is -2.30. The first-order valence-electron chi connectivity index (χ1n) is 4.38. The van der Waals surface area contributed by atoms with Crippen LogP contribution in [0.25, 0.3) is 0 Å². The van der Waals surface area contributed by atoms with E-state index in [-0.39, 0.29) is 29.1 Å². The Morgan fingerprint density at radius 3 is 2.85 bits per heavy atom. The third-order valence-electron chi connectivity index (χ3n) is 2.65. The van der Waals surface area contributed by atoms with E-state index in [1.807, 2.05) is 0 Å². The zero-order valence-electron chi connectivity index (χ0n) is 7.41. The number of rotatable bonds is 1. The summed E-state index contributed by atoms with van der Waals surface area (Å²) in [5, 5.41) is 9.60. The van der Waals surface area contributed by atoms with Gasteiger partial charge in [-0.25, -0.2) is 0 Å². The van der Waals surface area contributed by atoms with Crippen LogP contribution < -0.4 is 0 Å². The Bertz CT molecular complexity index is 319. The average molecular weight is 181 g/mol. The van der Waals surface area contributed by atoms with E-state index in [2.05, 4.69) is 0 Å². The summed E-state index contributed by atoms with van der Waals surface area (Å²) in [6.45, 7) is 1.97. The van der Waals surface area contributed by atoms with Crippen molar-refractivity contribution in [1.82, 2.24) is 4.90 Å². The number of Topliss-reactive ketones (excluding diaryl/α,β-unsaturated/α-hetero) is 1. The summed E-state index contributed by atoms with van der Waals surface area (Å²) < 4.78 is 0. The molecule has 1 saturated heterocycles. The van der Waals surface area contributed by atoms with Gasteiger partial charge in [0.25, 0.3) is 5.91 Å². The SMILES string of the molecule is CC(=O)C1=C(O)[C@@H]2CCCN2C1=O. The Balaban J connectivity index is 2.41. The quantitative estimate of drug-likeness (QED) is 0.595. The van der Waals surface area contributed by atoms with Gasteiger partial charge in [0.05, 0.1) is 6.04 Å². The maximum atomic E-state index is 11.5. The molecule has 0 radical (unpaired) electrons.